The normalized spacial score (nSPS) is 10.2. The first-order valence-corrected chi connectivity index (χ1v) is 7.60. The minimum Gasteiger partial charge on any atom is -0.355 e. The lowest BCUT2D eigenvalue weighted by Gasteiger charge is -2.12. The van der Waals surface area contributed by atoms with Gasteiger partial charge in [-0.2, -0.15) is 0 Å². The number of carbonyl (C=O) groups is 2. The lowest BCUT2D eigenvalue weighted by Crippen LogP contribution is -2.29. The number of nitrogens with one attached hydrogen (secondary N) is 3. The lowest BCUT2D eigenvalue weighted by molar-refractivity contribution is 0.0962. The molecule has 24 heavy (non-hydrogen) atoms. The lowest BCUT2D eigenvalue weighted by atomic mass is 10.1. The quantitative estimate of drug-likeness (QED) is 0.791. The molecule has 0 atom stereocenters. The molecule has 0 saturated carbocycles. The van der Waals surface area contributed by atoms with Gasteiger partial charge in [0.2, 0.25) is 0 Å². The van der Waals surface area contributed by atoms with Crippen molar-refractivity contribution in [2.24, 2.45) is 0 Å². The first-order chi connectivity index (χ1) is 11.4. The van der Waals surface area contributed by atoms with Gasteiger partial charge in [0.25, 0.3) is 5.91 Å². The van der Waals surface area contributed by atoms with E-state index in [0.29, 0.717) is 22.4 Å². The van der Waals surface area contributed by atoms with Gasteiger partial charge >= 0.3 is 6.03 Å². The number of urea groups is 1. The molecule has 7 heteroatoms. The molecule has 126 valence electrons. The van der Waals surface area contributed by atoms with Crippen LogP contribution in [-0.2, 0) is 6.54 Å². The largest absolute Gasteiger partial charge is 0.355 e. The summed E-state index contributed by atoms with van der Waals surface area (Å²) in [5.74, 6) is -0.732. The highest BCUT2D eigenvalue weighted by Crippen LogP contribution is 2.19. The van der Waals surface area contributed by atoms with Crippen LogP contribution in [0.1, 0.15) is 21.5 Å². The third-order valence-corrected chi connectivity index (χ3v) is 3.78. The Balaban J connectivity index is 2.02. The molecule has 0 fully saturated rings. The molecule has 2 aromatic carbocycles. The van der Waals surface area contributed by atoms with Gasteiger partial charge < -0.3 is 16.0 Å². The van der Waals surface area contributed by atoms with Crippen LogP contribution in [0.4, 0.5) is 14.9 Å². The highest BCUT2D eigenvalue weighted by molar-refractivity contribution is 6.30. The van der Waals surface area contributed by atoms with Crippen LogP contribution in [-0.4, -0.2) is 19.0 Å². The molecule has 0 bridgehead atoms. The molecule has 2 aromatic rings. The maximum atomic E-state index is 13.1. The second-order valence-corrected chi connectivity index (χ2v) is 5.52. The Morgan fingerprint density at radius 1 is 1.21 bits per heavy atom. The third kappa shape index (κ3) is 4.23. The van der Waals surface area contributed by atoms with Crippen LogP contribution in [0.2, 0.25) is 5.02 Å². The number of hydrogen-bond donors (Lipinski definition) is 3. The van der Waals surface area contributed by atoms with Crippen molar-refractivity contribution in [3.05, 3.63) is 63.9 Å². The number of halogens is 2. The Kier molecular flexibility index (Phi) is 5.76. The summed E-state index contributed by atoms with van der Waals surface area (Å²) in [5, 5.41) is 7.89. The van der Waals surface area contributed by atoms with Crippen molar-refractivity contribution in [2.45, 2.75) is 13.5 Å². The molecule has 0 heterocycles. The Hall–Kier alpha value is -2.60. The second kappa shape index (κ2) is 7.79. The highest BCUT2D eigenvalue weighted by Gasteiger charge is 2.12. The van der Waals surface area contributed by atoms with E-state index in [1.165, 1.54) is 12.1 Å². The number of hydrogen-bond acceptors (Lipinski definition) is 2. The van der Waals surface area contributed by atoms with Crippen molar-refractivity contribution in [2.75, 3.05) is 12.4 Å². The van der Waals surface area contributed by atoms with Gasteiger partial charge in [0, 0.05) is 24.8 Å². The molecule has 5 nitrogen and oxygen atoms in total. The maximum Gasteiger partial charge on any atom is 0.319 e. The third-order valence-electron chi connectivity index (χ3n) is 3.49. The molecule has 0 aliphatic heterocycles. The Bertz CT molecular complexity index is 780. The van der Waals surface area contributed by atoms with Gasteiger partial charge in [-0.25, -0.2) is 9.18 Å². The van der Waals surface area contributed by atoms with Gasteiger partial charge in [-0.1, -0.05) is 23.7 Å². The molecule has 3 amide bonds. The summed E-state index contributed by atoms with van der Waals surface area (Å²) in [6, 6.07) is 8.87. The molecule has 0 unspecified atom stereocenters. The Morgan fingerprint density at radius 3 is 2.62 bits per heavy atom. The molecule has 3 N–H and O–H groups in total. The first kappa shape index (κ1) is 17.7. The molecule has 0 aliphatic rings. The van der Waals surface area contributed by atoms with Crippen LogP contribution in [0, 0.1) is 12.7 Å². The minimum atomic E-state index is -0.508. The van der Waals surface area contributed by atoms with E-state index in [1.54, 1.807) is 38.2 Å². The average molecular weight is 350 g/mol. The summed E-state index contributed by atoms with van der Waals surface area (Å²) >= 11 is 5.70. The molecular weight excluding hydrogens is 333 g/mol. The van der Waals surface area contributed by atoms with Gasteiger partial charge in [-0.15, -0.1) is 0 Å². The van der Waals surface area contributed by atoms with E-state index in [0.717, 1.165) is 0 Å². The summed E-state index contributed by atoms with van der Waals surface area (Å²) in [6.07, 6.45) is 0. The standard InChI is InChI=1S/C17H17ClFN3O2/c1-10-12(16(23)20-2)4-3-5-15(10)22-17(24)21-9-11-6-7-14(19)13(18)8-11/h3-8H,9H2,1-2H3,(H,20,23)(H2,21,22,24). The number of amides is 3. The van der Waals surface area contributed by atoms with E-state index in [2.05, 4.69) is 16.0 Å². The van der Waals surface area contributed by atoms with E-state index in [4.69, 9.17) is 11.6 Å². The predicted molar refractivity (Wildman–Crippen MR) is 91.8 cm³/mol. The fourth-order valence-electron chi connectivity index (χ4n) is 2.15. The van der Waals surface area contributed by atoms with E-state index >= 15 is 0 Å². The zero-order valence-corrected chi connectivity index (χ0v) is 14.0. The van der Waals surface area contributed by atoms with Crippen LogP contribution in [0.5, 0.6) is 0 Å². The summed E-state index contributed by atoms with van der Waals surface area (Å²) in [6.45, 7) is 1.94. The van der Waals surface area contributed by atoms with Gasteiger partial charge in [-0.05, 0) is 42.3 Å². The monoisotopic (exact) mass is 349 g/mol. The fraction of sp³-hybridized carbons (Fsp3) is 0.176. The Morgan fingerprint density at radius 2 is 1.96 bits per heavy atom. The van der Waals surface area contributed by atoms with Crippen molar-refractivity contribution in [1.82, 2.24) is 10.6 Å². The van der Waals surface area contributed by atoms with Gasteiger partial charge in [0.1, 0.15) is 5.82 Å². The van der Waals surface area contributed by atoms with Crippen LogP contribution in [0.15, 0.2) is 36.4 Å². The second-order valence-electron chi connectivity index (χ2n) is 5.11. The minimum absolute atomic E-state index is 0.00355. The highest BCUT2D eigenvalue weighted by atomic mass is 35.5. The summed E-state index contributed by atoms with van der Waals surface area (Å²) in [5.41, 5.74) is 2.36. The summed E-state index contributed by atoms with van der Waals surface area (Å²) in [4.78, 5) is 23.8. The number of anilines is 1. The summed E-state index contributed by atoms with van der Waals surface area (Å²) in [7, 11) is 1.54. The number of rotatable bonds is 4. The summed E-state index contributed by atoms with van der Waals surface area (Å²) < 4.78 is 13.1. The molecule has 0 aliphatic carbocycles. The van der Waals surface area contributed by atoms with Crippen molar-refractivity contribution in [3.8, 4) is 0 Å². The smallest absolute Gasteiger partial charge is 0.319 e. The number of carbonyl (C=O) groups excluding carboxylic acids is 2. The topological polar surface area (TPSA) is 70.2 Å². The average Bonchev–Trinajstić information content (AvgIpc) is 2.57. The van der Waals surface area contributed by atoms with Crippen molar-refractivity contribution in [3.63, 3.8) is 0 Å². The van der Waals surface area contributed by atoms with Crippen molar-refractivity contribution < 1.29 is 14.0 Å². The van der Waals surface area contributed by atoms with E-state index in [1.807, 2.05) is 0 Å². The number of benzene rings is 2. The van der Waals surface area contributed by atoms with Gasteiger partial charge in [0.15, 0.2) is 0 Å². The zero-order valence-electron chi connectivity index (χ0n) is 13.2. The van der Waals surface area contributed by atoms with Crippen LogP contribution >= 0.6 is 11.6 Å². The predicted octanol–water partition coefficient (Wildman–Crippen LogP) is 3.47. The van der Waals surface area contributed by atoms with Crippen LogP contribution < -0.4 is 16.0 Å². The molecule has 2 rings (SSSR count). The first-order valence-electron chi connectivity index (χ1n) is 7.23. The Labute approximate surface area is 144 Å². The molecule has 0 spiro atoms. The fourth-order valence-corrected chi connectivity index (χ4v) is 2.35. The molecular formula is C17H17ClFN3O2. The molecule has 0 aromatic heterocycles. The molecule has 0 radical (unpaired) electrons. The van der Waals surface area contributed by atoms with Gasteiger partial charge in [-0.3, -0.25) is 4.79 Å². The van der Waals surface area contributed by atoms with Gasteiger partial charge in [0.05, 0.1) is 5.02 Å². The van der Waals surface area contributed by atoms with Crippen molar-refractivity contribution >= 4 is 29.2 Å². The molecule has 0 saturated heterocycles. The van der Waals surface area contributed by atoms with Crippen molar-refractivity contribution in [1.29, 1.82) is 0 Å². The van der Waals surface area contributed by atoms with Crippen LogP contribution in [0.3, 0.4) is 0 Å². The van der Waals surface area contributed by atoms with E-state index in [9.17, 15) is 14.0 Å². The van der Waals surface area contributed by atoms with Crippen LogP contribution in [0.25, 0.3) is 0 Å². The van der Waals surface area contributed by atoms with E-state index in [-0.39, 0.29) is 17.5 Å². The maximum absolute atomic E-state index is 13.1. The SMILES string of the molecule is CNC(=O)c1cccc(NC(=O)NCc2ccc(F)c(Cl)c2)c1C. The zero-order chi connectivity index (χ0) is 17.7. The van der Waals surface area contributed by atoms with E-state index < -0.39 is 11.8 Å².